The Hall–Kier alpha value is -1.59. The van der Waals surface area contributed by atoms with E-state index in [1.165, 1.54) is 12.8 Å². The van der Waals surface area contributed by atoms with Crippen molar-refractivity contribution in [3.63, 3.8) is 0 Å². The van der Waals surface area contributed by atoms with Crippen LogP contribution in [-0.4, -0.2) is 61.3 Å². The molecule has 1 aromatic carbocycles. The first-order valence-corrected chi connectivity index (χ1v) is 8.94. The van der Waals surface area contributed by atoms with Crippen molar-refractivity contribution in [2.75, 3.05) is 39.9 Å². The summed E-state index contributed by atoms with van der Waals surface area (Å²) in [5, 5.41) is 0. The van der Waals surface area contributed by atoms with Crippen LogP contribution >= 0.6 is 0 Å². The Morgan fingerprint density at radius 2 is 1.88 bits per heavy atom. The van der Waals surface area contributed by atoms with Crippen LogP contribution in [0, 0.1) is 0 Å². The smallest absolute Gasteiger partial charge is 0.410 e. The van der Waals surface area contributed by atoms with Crippen molar-refractivity contribution in [2.45, 2.75) is 37.8 Å². The van der Waals surface area contributed by atoms with Crippen LogP contribution < -0.4 is 0 Å². The maximum atomic E-state index is 12.6. The van der Waals surface area contributed by atoms with Gasteiger partial charge in [0.25, 0.3) is 0 Å². The van der Waals surface area contributed by atoms with Gasteiger partial charge in [0.2, 0.25) is 0 Å². The molecule has 2 aliphatic rings. The van der Waals surface area contributed by atoms with Crippen molar-refractivity contribution in [2.24, 2.45) is 0 Å². The van der Waals surface area contributed by atoms with Gasteiger partial charge < -0.3 is 19.3 Å². The van der Waals surface area contributed by atoms with Crippen LogP contribution in [0.3, 0.4) is 0 Å². The molecule has 0 bridgehead atoms. The summed E-state index contributed by atoms with van der Waals surface area (Å²) in [4.78, 5) is 16.9. The fraction of sp³-hybridized carbons (Fsp3) is 0.632. The highest BCUT2D eigenvalue weighted by atomic mass is 16.6. The van der Waals surface area contributed by atoms with E-state index in [1.807, 2.05) is 42.3 Å². The molecule has 1 amide bonds. The minimum atomic E-state index is -0.236. The lowest BCUT2D eigenvalue weighted by Gasteiger charge is -2.45. The summed E-state index contributed by atoms with van der Waals surface area (Å²) in [6.07, 6.45) is 4.03. The maximum Gasteiger partial charge on any atom is 0.410 e. The lowest BCUT2D eigenvalue weighted by molar-refractivity contribution is -0.0314. The van der Waals surface area contributed by atoms with E-state index in [-0.39, 0.29) is 11.6 Å². The Balaban J connectivity index is 1.63. The largest absolute Gasteiger partial charge is 0.445 e. The number of ether oxygens (including phenoxy) is 2. The first kappa shape index (κ1) is 17.2. The van der Waals surface area contributed by atoms with E-state index in [4.69, 9.17) is 9.47 Å². The molecule has 0 aromatic heterocycles. The molecule has 3 rings (SSSR count). The van der Waals surface area contributed by atoms with Gasteiger partial charge >= 0.3 is 6.09 Å². The number of benzene rings is 1. The molecule has 2 saturated heterocycles. The van der Waals surface area contributed by atoms with Gasteiger partial charge in [-0.25, -0.2) is 4.79 Å². The number of nitrogens with zero attached hydrogens (tertiary/aromatic N) is 2. The number of carbonyl (C=O) groups is 1. The van der Waals surface area contributed by atoms with Gasteiger partial charge in [-0.05, 0) is 44.3 Å². The van der Waals surface area contributed by atoms with Crippen molar-refractivity contribution in [3.8, 4) is 0 Å². The molecular weight excluding hydrogens is 304 g/mol. The molecule has 0 radical (unpaired) electrons. The molecule has 24 heavy (non-hydrogen) atoms. The third-order valence-electron chi connectivity index (χ3n) is 5.33. The molecule has 0 N–H and O–H groups in total. The molecule has 2 heterocycles. The highest BCUT2D eigenvalue weighted by Crippen LogP contribution is 2.30. The lowest BCUT2D eigenvalue weighted by atomic mass is 9.88. The van der Waals surface area contributed by atoms with Gasteiger partial charge in [-0.1, -0.05) is 30.3 Å². The average molecular weight is 332 g/mol. The first-order valence-electron chi connectivity index (χ1n) is 8.94. The second kappa shape index (κ2) is 7.99. The summed E-state index contributed by atoms with van der Waals surface area (Å²) in [7, 11) is 1.88. The predicted molar refractivity (Wildman–Crippen MR) is 92.8 cm³/mol. The van der Waals surface area contributed by atoms with Crippen LogP contribution in [0.1, 0.15) is 31.2 Å². The van der Waals surface area contributed by atoms with E-state index in [2.05, 4.69) is 4.90 Å². The third-order valence-corrected chi connectivity index (χ3v) is 5.33. The quantitative estimate of drug-likeness (QED) is 0.831. The molecule has 0 aliphatic carbocycles. The predicted octanol–water partition coefficient (Wildman–Crippen LogP) is 2.90. The van der Waals surface area contributed by atoms with Crippen LogP contribution in [0.25, 0.3) is 0 Å². The maximum absolute atomic E-state index is 12.6. The average Bonchev–Trinajstić information content (AvgIpc) is 3.13. The van der Waals surface area contributed by atoms with Crippen molar-refractivity contribution in [1.29, 1.82) is 0 Å². The molecule has 1 aromatic rings. The third kappa shape index (κ3) is 4.08. The summed E-state index contributed by atoms with van der Waals surface area (Å²) in [5.74, 6) is 0. The van der Waals surface area contributed by atoms with Crippen LogP contribution in [-0.2, 0) is 16.1 Å². The van der Waals surface area contributed by atoms with Crippen molar-refractivity contribution in [1.82, 2.24) is 9.80 Å². The van der Waals surface area contributed by atoms with E-state index in [1.54, 1.807) is 0 Å². The lowest BCUT2D eigenvalue weighted by Crippen LogP contribution is -2.58. The standard InChI is InChI=1S/C19H28N2O3/c1-20(18(22)24-15-17-7-3-2-4-8-17)19(9-13-23-14-10-19)16-21-11-5-6-12-21/h2-4,7-8H,5-6,9-16H2,1H3. The second-order valence-electron chi connectivity index (χ2n) is 6.92. The van der Waals surface area contributed by atoms with Gasteiger partial charge in [0.1, 0.15) is 6.61 Å². The summed E-state index contributed by atoms with van der Waals surface area (Å²) in [6, 6.07) is 9.83. The number of carbonyl (C=O) groups excluding carboxylic acids is 1. The van der Waals surface area contributed by atoms with Crippen LogP contribution in [0.2, 0.25) is 0 Å². The van der Waals surface area contributed by atoms with E-state index < -0.39 is 0 Å². The SMILES string of the molecule is CN(C(=O)OCc1ccccc1)C1(CN2CCCC2)CCOCC1. The number of hydrogen-bond donors (Lipinski definition) is 0. The second-order valence-corrected chi connectivity index (χ2v) is 6.92. The molecule has 2 aliphatic heterocycles. The van der Waals surface area contributed by atoms with Crippen LogP contribution in [0.5, 0.6) is 0 Å². The van der Waals surface area contributed by atoms with E-state index in [0.717, 1.165) is 38.0 Å². The zero-order valence-corrected chi connectivity index (χ0v) is 14.6. The Kier molecular flexibility index (Phi) is 5.74. The van der Waals surface area contributed by atoms with Gasteiger partial charge in [-0.15, -0.1) is 0 Å². The summed E-state index contributed by atoms with van der Waals surface area (Å²) in [6.45, 7) is 4.94. The Morgan fingerprint density at radius 3 is 2.54 bits per heavy atom. The molecule has 5 heteroatoms. The number of rotatable bonds is 5. The van der Waals surface area contributed by atoms with Crippen molar-refractivity contribution in [3.05, 3.63) is 35.9 Å². The topological polar surface area (TPSA) is 42.0 Å². The summed E-state index contributed by atoms with van der Waals surface area (Å²) in [5.41, 5.74) is 0.843. The molecule has 0 saturated carbocycles. The fourth-order valence-electron chi connectivity index (χ4n) is 3.72. The van der Waals surface area contributed by atoms with Gasteiger partial charge in [0.05, 0.1) is 5.54 Å². The molecule has 132 valence electrons. The normalized spacial score (nSPS) is 20.7. The Labute approximate surface area is 144 Å². The van der Waals surface area contributed by atoms with E-state index in [9.17, 15) is 4.79 Å². The number of amides is 1. The molecule has 0 atom stereocenters. The monoisotopic (exact) mass is 332 g/mol. The number of hydrogen-bond acceptors (Lipinski definition) is 4. The van der Waals surface area contributed by atoms with Crippen molar-refractivity contribution < 1.29 is 14.3 Å². The van der Waals surface area contributed by atoms with Gasteiger partial charge in [-0.3, -0.25) is 0 Å². The van der Waals surface area contributed by atoms with E-state index in [0.29, 0.717) is 19.8 Å². The first-order chi connectivity index (χ1) is 11.7. The Morgan fingerprint density at radius 1 is 1.21 bits per heavy atom. The highest BCUT2D eigenvalue weighted by Gasteiger charge is 2.41. The van der Waals surface area contributed by atoms with Gasteiger partial charge in [0.15, 0.2) is 0 Å². The van der Waals surface area contributed by atoms with Gasteiger partial charge in [-0.2, -0.15) is 0 Å². The number of likely N-dealkylation sites (N-methyl/N-ethyl adjacent to an activating group) is 1. The highest BCUT2D eigenvalue weighted by molar-refractivity contribution is 5.68. The van der Waals surface area contributed by atoms with Crippen LogP contribution in [0.15, 0.2) is 30.3 Å². The van der Waals surface area contributed by atoms with E-state index >= 15 is 0 Å². The summed E-state index contributed by atoms with van der Waals surface area (Å²) < 4.78 is 11.1. The fourth-order valence-corrected chi connectivity index (χ4v) is 3.72. The van der Waals surface area contributed by atoms with Gasteiger partial charge in [0, 0.05) is 26.8 Å². The zero-order chi connectivity index (χ0) is 16.8. The molecule has 0 spiro atoms. The minimum absolute atomic E-state index is 0.170. The minimum Gasteiger partial charge on any atom is -0.445 e. The molecule has 2 fully saturated rings. The van der Waals surface area contributed by atoms with Crippen molar-refractivity contribution >= 4 is 6.09 Å². The molecule has 5 nitrogen and oxygen atoms in total. The Bertz CT molecular complexity index is 523. The van der Waals surface area contributed by atoms with Crippen LogP contribution in [0.4, 0.5) is 4.79 Å². The molecule has 0 unspecified atom stereocenters. The molecular formula is C19H28N2O3. The number of likely N-dealkylation sites (tertiary alicyclic amines) is 1. The summed E-state index contributed by atoms with van der Waals surface area (Å²) >= 11 is 0. The zero-order valence-electron chi connectivity index (χ0n) is 14.6.